The number of hydrogen-bond acceptors (Lipinski definition) is 3. The van der Waals surface area contributed by atoms with E-state index in [9.17, 15) is 27.6 Å². The van der Waals surface area contributed by atoms with E-state index >= 15 is 0 Å². The minimum Gasteiger partial charge on any atom is -0.339 e. The first kappa shape index (κ1) is 18.8. The van der Waals surface area contributed by atoms with E-state index < -0.39 is 41.5 Å². The zero-order chi connectivity index (χ0) is 18.7. The lowest BCUT2D eigenvalue weighted by Gasteiger charge is -2.35. The molecule has 9 heteroatoms. The summed E-state index contributed by atoms with van der Waals surface area (Å²) in [5, 5.41) is 0. The van der Waals surface area contributed by atoms with Gasteiger partial charge in [-0.2, -0.15) is 0 Å². The number of hydrogen-bond donors (Lipinski definition) is 0. The van der Waals surface area contributed by atoms with Crippen LogP contribution in [-0.4, -0.2) is 60.2 Å². The van der Waals surface area contributed by atoms with Crippen LogP contribution in [-0.2, 0) is 14.4 Å². The van der Waals surface area contributed by atoms with Gasteiger partial charge in [-0.25, -0.2) is 13.2 Å². The summed E-state index contributed by atoms with van der Waals surface area (Å²) in [6, 6.07) is 1.61. The average Bonchev–Trinajstić information content (AvgIpc) is 2.58. The Kier molecular flexibility index (Phi) is 5.66. The molecule has 0 aromatic heterocycles. The van der Waals surface area contributed by atoms with Gasteiger partial charge in [0.2, 0.25) is 17.7 Å². The summed E-state index contributed by atoms with van der Waals surface area (Å²) in [4.78, 5) is 39.2. The van der Waals surface area contributed by atoms with Crippen LogP contribution in [0.4, 0.5) is 18.9 Å². The molecule has 1 fully saturated rings. The molecule has 0 unspecified atom stereocenters. The number of carbonyl (C=O) groups is 3. The second-order valence-electron chi connectivity index (χ2n) is 5.69. The largest absolute Gasteiger partial charge is 0.339 e. The van der Waals surface area contributed by atoms with Gasteiger partial charge in [-0.1, -0.05) is 0 Å². The molecule has 0 spiro atoms. The van der Waals surface area contributed by atoms with Gasteiger partial charge >= 0.3 is 0 Å². The molecular formula is C16H18F3N3O3. The third kappa shape index (κ3) is 4.09. The SMILES string of the molecule is CC(=O)N1CCN(C(=O)CN(C(C)=O)c2ccc(F)c(F)c2F)CC1. The summed E-state index contributed by atoms with van der Waals surface area (Å²) in [6.07, 6.45) is 0. The van der Waals surface area contributed by atoms with Crippen molar-refractivity contribution in [3.05, 3.63) is 29.6 Å². The highest BCUT2D eigenvalue weighted by molar-refractivity contribution is 5.97. The fourth-order valence-corrected chi connectivity index (χ4v) is 2.60. The van der Waals surface area contributed by atoms with Crippen molar-refractivity contribution in [2.45, 2.75) is 13.8 Å². The number of rotatable bonds is 3. The third-order valence-electron chi connectivity index (χ3n) is 4.06. The Labute approximate surface area is 142 Å². The highest BCUT2D eigenvalue weighted by Gasteiger charge is 2.27. The van der Waals surface area contributed by atoms with Crippen LogP contribution in [0.5, 0.6) is 0 Å². The lowest BCUT2D eigenvalue weighted by molar-refractivity contribution is -0.137. The maximum absolute atomic E-state index is 13.9. The molecule has 1 heterocycles. The van der Waals surface area contributed by atoms with Gasteiger partial charge in [0.25, 0.3) is 0 Å². The molecule has 0 saturated carbocycles. The highest BCUT2D eigenvalue weighted by Crippen LogP contribution is 2.24. The fourth-order valence-electron chi connectivity index (χ4n) is 2.60. The number of piperazine rings is 1. The zero-order valence-corrected chi connectivity index (χ0v) is 13.9. The average molecular weight is 357 g/mol. The van der Waals surface area contributed by atoms with Crippen LogP contribution in [0.1, 0.15) is 13.8 Å². The van der Waals surface area contributed by atoms with Crippen molar-refractivity contribution >= 4 is 23.4 Å². The Hall–Kier alpha value is -2.58. The number of amides is 3. The molecule has 136 valence electrons. The molecule has 25 heavy (non-hydrogen) atoms. The molecule has 0 aliphatic carbocycles. The Bertz CT molecular complexity index is 703. The van der Waals surface area contributed by atoms with E-state index in [1.165, 1.54) is 11.8 Å². The van der Waals surface area contributed by atoms with Crippen molar-refractivity contribution in [2.24, 2.45) is 0 Å². The molecule has 0 atom stereocenters. The Morgan fingerprint density at radius 2 is 1.52 bits per heavy atom. The minimum absolute atomic E-state index is 0.0960. The van der Waals surface area contributed by atoms with Gasteiger partial charge in [-0.05, 0) is 12.1 Å². The first-order valence-electron chi connectivity index (χ1n) is 7.67. The molecule has 0 radical (unpaired) electrons. The van der Waals surface area contributed by atoms with Crippen molar-refractivity contribution in [3.8, 4) is 0 Å². The number of halogens is 3. The predicted molar refractivity (Wildman–Crippen MR) is 83.2 cm³/mol. The van der Waals surface area contributed by atoms with Crippen molar-refractivity contribution < 1.29 is 27.6 Å². The molecule has 6 nitrogen and oxygen atoms in total. The van der Waals surface area contributed by atoms with E-state index in [1.54, 1.807) is 4.90 Å². The molecule has 0 N–H and O–H groups in total. The molecule has 2 rings (SSSR count). The smallest absolute Gasteiger partial charge is 0.242 e. The number of carbonyl (C=O) groups excluding carboxylic acids is 3. The Morgan fingerprint density at radius 3 is 2.04 bits per heavy atom. The zero-order valence-electron chi connectivity index (χ0n) is 13.9. The van der Waals surface area contributed by atoms with Crippen LogP contribution >= 0.6 is 0 Å². The summed E-state index contributed by atoms with van der Waals surface area (Å²) in [6.45, 7) is 3.32. The standard InChI is InChI=1S/C16H18F3N3O3/c1-10(23)20-5-7-21(8-6-20)14(25)9-22(11(2)24)13-4-3-12(17)15(18)16(13)19/h3-4H,5-9H2,1-2H3. The first-order chi connectivity index (χ1) is 11.7. The number of benzene rings is 1. The maximum atomic E-state index is 13.9. The lowest BCUT2D eigenvalue weighted by atomic mass is 10.2. The van der Waals surface area contributed by atoms with Gasteiger partial charge in [0.05, 0.1) is 5.69 Å². The van der Waals surface area contributed by atoms with Gasteiger partial charge in [-0.3, -0.25) is 14.4 Å². The van der Waals surface area contributed by atoms with Crippen molar-refractivity contribution in [1.29, 1.82) is 0 Å². The predicted octanol–water partition coefficient (Wildman–Crippen LogP) is 1.15. The summed E-state index contributed by atoms with van der Waals surface area (Å²) in [5.74, 6) is -5.85. The van der Waals surface area contributed by atoms with Crippen LogP contribution in [0.15, 0.2) is 12.1 Å². The molecule has 3 amide bonds. The van der Waals surface area contributed by atoms with Gasteiger partial charge in [-0.15, -0.1) is 0 Å². The van der Waals surface area contributed by atoms with E-state index in [-0.39, 0.29) is 19.0 Å². The van der Waals surface area contributed by atoms with Gasteiger partial charge < -0.3 is 14.7 Å². The second kappa shape index (κ2) is 7.54. The van der Waals surface area contributed by atoms with Crippen LogP contribution in [0, 0.1) is 17.5 Å². The number of nitrogens with zero attached hydrogens (tertiary/aromatic N) is 3. The molecule has 1 aliphatic heterocycles. The molecule has 1 aliphatic rings. The van der Waals surface area contributed by atoms with Crippen LogP contribution in [0.2, 0.25) is 0 Å². The van der Waals surface area contributed by atoms with Crippen molar-refractivity contribution in [2.75, 3.05) is 37.6 Å². The summed E-state index contributed by atoms with van der Waals surface area (Å²) < 4.78 is 40.4. The normalized spacial score (nSPS) is 14.4. The molecule has 1 aromatic carbocycles. The van der Waals surface area contributed by atoms with E-state index in [1.807, 2.05) is 0 Å². The Balaban J connectivity index is 2.13. The third-order valence-corrected chi connectivity index (χ3v) is 4.06. The molecule has 0 bridgehead atoms. The first-order valence-corrected chi connectivity index (χ1v) is 7.67. The van der Waals surface area contributed by atoms with E-state index in [4.69, 9.17) is 0 Å². The van der Waals surface area contributed by atoms with E-state index in [0.29, 0.717) is 19.2 Å². The Morgan fingerprint density at radius 1 is 0.960 bits per heavy atom. The number of anilines is 1. The van der Waals surface area contributed by atoms with Crippen molar-refractivity contribution in [1.82, 2.24) is 9.80 Å². The molecular weight excluding hydrogens is 339 g/mol. The minimum atomic E-state index is -1.70. The molecule has 1 saturated heterocycles. The maximum Gasteiger partial charge on any atom is 0.242 e. The highest BCUT2D eigenvalue weighted by atomic mass is 19.2. The quantitative estimate of drug-likeness (QED) is 0.763. The monoisotopic (exact) mass is 357 g/mol. The van der Waals surface area contributed by atoms with Crippen LogP contribution < -0.4 is 4.90 Å². The summed E-state index contributed by atoms with van der Waals surface area (Å²) in [7, 11) is 0. The fraction of sp³-hybridized carbons (Fsp3) is 0.438. The van der Waals surface area contributed by atoms with Gasteiger partial charge in [0.1, 0.15) is 6.54 Å². The van der Waals surface area contributed by atoms with Gasteiger partial charge in [0.15, 0.2) is 17.5 Å². The van der Waals surface area contributed by atoms with Gasteiger partial charge in [0, 0.05) is 40.0 Å². The van der Waals surface area contributed by atoms with E-state index in [0.717, 1.165) is 17.9 Å². The van der Waals surface area contributed by atoms with Crippen molar-refractivity contribution in [3.63, 3.8) is 0 Å². The summed E-state index contributed by atoms with van der Waals surface area (Å²) >= 11 is 0. The topological polar surface area (TPSA) is 60.9 Å². The second-order valence-corrected chi connectivity index (χ2v) is 5.69. The lowest BCUT2D eigenvalue weighted by Crippen LogP contribution is -2.52. The van der Waals surface area contributed by atoms with Crippen LogP contribution in [0.3, 0.4) is 0 Å². The molecule has 1 aromatic rings. The van der Waals surface area contributed by atoms with E-state index in [2.05, 4.69) is 0 Å². The summed E-state index contributed by atoms with van der Waals surface area (Å²) in [5.41, 5.74) is -0.498. The van der Waals surface area contributed by atoms with Crippen LogP contribution in [0.25, 0.3) is 0 Å².